The van der Waals surface area contributed by atoms with Crippen LogP contribution in [-0.4, -0.2) is 23.3 Å². The van der Waals surface area contributed by atoms with E-state index in [9.17, 15) is 9.59 Å². The van der Waals surface area contributed by atoms with Gasteiger partial charge in [0.15, 0.2) is 0 Å². The smallest absolute Gasteiger partial charge is 0.234 e. The van der Waals surface area contributed by atoms with Gasteiger partial charge in [-0.05, 0) is 30.3 Å². The molecule has 0 saturated carbocycles. The van der Waals surface area contributed by atoms with E-state index < -0.39 is 0 Å². The highest BCUT2D eigenvalue weighted by Crippen LogP contribution is 2.22. The van der Waals surface area contributed by atoms with Crippen LogP contribution in [0.25, 0.3) is 0 Å². The van der Waals surface area contributed by atoms with Crippen molar-refractivity contribution in [3.8, 4) is 0 Å². The SMILES string of the molecule is O=C(CSCC(=O)Nc1cc(Cl)cc(Cl)c1)Nc1ccccc1. The monoisotopic (exact) mass is 368 g/mol. The number of rotatable bonds is 6. The molecule has 0 aliphatic heterocycles. The Bertz CT molecular complexity index is 675. The number of amides is 2. The number of para-hydroxylation sites is 1. The van der Waals surface area contributed by atoms with E-state index in [1.54, 1.807) is 30.3 Å². The van der Waals surface area contributed by atoms with Crippen molar-refractivity contribution in [1.29, 1.82) is 0 Å². The van der Waals surface area contributed by atoms with Gasteiger partial charge in [-0.25, -0.2) is 0 Å². The van der Waals surface area contributed by atoms with Crippen molar-refractivity contribution in [3.05, 3.63) is 58.6 Å². The van der Waals surface area contributed by atoms with Crippen LogP contribution in [0.1, 0.15) is 0 Å². The predicted molar refractivity (Wildman–Crippen MR) is 97.5 cm³/mol. The first-order chi connectivity index (χ1) is 11.0. The van der Waals surface area contributed by atoms with Crippen molar-refractivity contribution in [2.45, 2.75) is 0 Å². The van der Waals surface area contributed by atoms with E-state index >= 15 is 0 Å². The fourth-order valence-electron chi connectivity index (χ4n) is 1.78. The lowest BCUT2D eigenvalue weighted by Crippen LogP contribution is -2.18. The molecule has 2 aromatic carbocycles. The zero-order chi connectivity index (χ0) is 16.7. The van der Waals surface area contributed by atoms with Crippen LogP contribution in [0.4, 0.5) is 11.4 Å². The van der Waals surface area contributed by atoms with E-state index in [1.165, 1.54) is 11.8 Å². The Morgan fingerprint density at radius 2 is 1.35 bits per heavy atom. The van der Waals surface area contributed by atoms with Gasteiger partial charge in [0.2, 0.25) is 11.8 Å². The van der Waals surface area contributed by atoms with E-state index in [0.717, 1.165) is 5.69 Å². The molecular formula is C16H14Cl2N2O2S. The number of nitrogens with one attached hydrogen (secondary N) is 2. The minimum atomic E-state index is -0.221. The molecule has 0 unspecified atom stereocenters. The Morgan fingerprint density at radius 1 is 0.826 bits per heavy atom. The van der Waals surface area contributed by atoms with E-state index in [4.69, 9.17) is 23.2 Å². The van der Waals surface area contributed by atoms with Crippen LogP contribution in [0.2, 0.25) is 10.0 Å². The topological polar surface area (TPSA) is 58.2 Å². The maximum atomic E-state index is 11.8. The zero-order valence-corrected chi connectivity index (χ0v) is 14.3. The van der Waals surface area contributed by atoms with Gasteiger partial charge in [-0.1, -0.05) is 41.4 Å². The van der Waals surface area contributed by atoms with Gasteiger partial charge in [0, 0.05) is 21.4 Å². The Morgan fingerprint density at radius 3 is 1.91 bits per heavy atom. The summed E-state index contributed by atoms with van der Waals surface area (Å²) in [6.07, 6.45) is 0. The second kappa shape index (κ2) is 8.82. The number of carbonyl (C=O) groups excluding carboxylic acids is 2. The molecule has 2 aromatic rings. The van der Waals surface area contributed by atoms with Crippen molar-refractivity contribution in [2.75, 3.05) is 22.1 Å². The Balaban J connectivity index is 1.73. The molecule has 2 N–H and O–H groups in total. The first kappa shape index (κ1) is 17.7. The average molecular weight is 369 g/mol. The van der Waals surface area contributed by atoms with Crippen molar-refractivity contribution < 1.29 is 9.59 Å². The largest absolute Gasteiger partial charge is 0.325 e. The van der Waals surface area contributed by atoms with Crippen molar-refractivity contribution in [2.24, 2.45) is 0 Å². The summed E-state index contributed by atoms with van der Waals surface area (Å²) in [5.41, 5.74) is 1.26. The average Bonchev–Trinajstić information content (AvgIpc) is 2.47. The molecule has 2 rings (SSSR count). The third kappa shape index (κ3) is 6.52. The molecule has 0 saturated heterocycles. The molecule has 0 radical (unpaired) electrons. The van der Waals surface area contributed by atoms with E-state index in [1.807, 2.05) is 18.2 Å². The number of halogens is 2. The number of benzene rings is 2. The number of hydrogen-bond acceptors (Lipinski definition) is 3. The Kier molecular flexibility index (Phi) is 6.77. The highest BCUT2D eigenvalue weighted by atomic mass is 35.5. The molecule has 0 heterocycles. The van der Waals surface area contributed by atoms with Gasteiger partial charge < -0.3 is 10.6 Å². The van der Waals surface area contributed by atoms with E-state index in [2.05, 4.69) is 10.6 Å². The molecule has 0 atom stereocenters. The quantitative estimate of drug-likeness (QED) is 0.798. The number of anilines is 2. The summed E-state index contributed by atoms with van der Waals surface area (Å²) in [6.45, 7) is 0. The first-order valence-electron chi connectivity index (χ1n) is 6.71. The third-order valence-electron chi connectivity index (χ3n) is 2.67. The molecule has 0 bridgehead atoms. The number of hydrogen-bond donors (Lipinski definition) is 2. The molecule has 23 heavy (non-hydrogen) atoms. The van der Waals surface area contributed by atoms with Crippen LogP contribution in [-0.2, 0) is 9.59 Å². The highest BCUT2D eigenvalue weighted by Gasteiger charge is 2.07. The summed E-state index contributed by atoms with van der Waals surface area (Å²) in [7, 11) is 0. The minimum absolute atomic E-state index is 0.153. The summed E-state index contributed by atoms with van der Waals surface area (Å²) < 4.78 is 0. The fourth-order valence-corrected chi connectivity index (χ4v) is 2.92. The molecule has 0 spiro atoms. The fraction of sp³-hybridized carbons (Fsp3) is 0.125. The lowest BCUT2D eigenvalue weighted by molar-refractivity contribution is -0.114. The summed E-state index contributed by atoms with van der Waals surface area (Å²) in [6, 6.07) is 14.0. The molecule has 0 aromatic heterocycles. The van der Waals surface area contributed by atoms with Gasteiger partial charge in [-0.15, -0.1) is 11.8 Å². The lowest BCUT2D eigenvalue weighted by atomic mass is 10.3. The molecular weight excluding hydrogens is 355 g/mol. The van der Waals surface area contributed by atoms with Gasteiger partial charge in [0.25, 0.3) is 0 Å². The second-order valence-corrected chi connectivity index (χ2v) is 6.47. The zero-order valence-electron chi connectivity index (χ0n) is 12.0. The standard InChI is InChI=1S/C16H14Cl2N2O2S/c17-11-6-12(18)8-14(7-11)20-16(22)10-23-9-15(21)19-13-4-2-1-3-5-13/h1-8H,9-10H2,(H,19,21)(H,20,22). The third-order valence-corrected chi connectivity index (χ3v) is 4.04. The van der Waals surface area contributed by atoms with Gasteiger partial charge in [0.1, 0.15) is 0 Å². The van der Waals surface area contributed by atoms with E-state index in [-0.39, 0.29) is 23.3 Å². The highest BCUT2D eigenvalue weighted by molar-refractivity contribution is 8.00. The van der Waals surface area contributed by atoms with Crippen molar-refractivity contribution >= 4 is 58.2 Å². The normalized spacial score (nSPS) is 10.2. The van der Waals surface area contributed by atoms with Crippen LogP contribution in [0.3, 0.4) is 0 Å². The molecule has 4 nitrogen and oxygen atoms in total. The molecule has 7 heteroatoms. The van der Waals surface area contributed by atoms with Gasteiger partial charge in [-0.2, -0.15) is 0 Å². The van der Waals surface area contributed by atoms with Crippen LogP contribution in [0.5, 0.6) is 0 Å². The minimum Gasteiger partial charge on any atom is -0.325 e. The summed E-state index contributed by atoms with van der Waals surface area (Å²) in [5, 5.41) is 6.33. The summed E-state index contributed by atoms with van der Waals surface area (Å²) in [5.74, 6) is -0.0223. The van der Waals surface area contributed by atoms with Crippen LogP contribution < -0.4 is 10.6 Å². The lowest BCUT2D eigenvalue weighted by Gasteiger charge is -2.07. The molecule has 0 aliphatic rings. The second-order valence-electron chi connectivity index (χ2n) is 4.61. The van der Waals surface area contributed by atoms with Gasteiger partial charge in [-0.3, -0.25) is 9.59 Å². The maximum absolute atomic E-state index is 11.8. The summed E-state index contributed by atoms with van der Waals surface area (Å²) in [4.78, 5) is 23.6. The first-order valence-corrected chi connectivity index (χ1v) is 8.62. The van der Waals surface area contributed by atoms with Crippen LogP contribution in [0.15, 0.2) is 48.5 Å². The van der Waals surface area contributed by atoms with Crippen molar-refractivity contribution in [3.63, 3.8) is 0 Å². The van der Waals surface area contributed by atoms with Crippen LogP contribution in [0, 0.1) is 0 Å². The molecule has 2 amide bonds. The molecule has 120 valence electrons. The maximum Gasteiger partial charge on any atom is 0.234 e. The van der Waals surface area contributed by atoms with E-state index in [0.29, 0.717) is 15.7 Å². The van der Waals surface area contributed by atoms with Gasteiger partial charge >= 0.3 is 0 Å². The molecule has 0 fully saturated rings. The number of carbonyl (C=O) groups is 2. The Labute approximate surface area is 148 Å². The Hall–Kier alpha value is -1.69. The molecule has 0 aliphatic carbocycles. The van der Waals surface area contributed by atoms with Gasteiger partial charge in [0.05, 0.1) is 11.5 Å². The summed E-state index contributed by atoms with van der Waals surface area (Å²) >= 11 is 13.0. The van der Waals surface area contributed by atoms with Crippen molar-refractivity contribution in [1.82, 2.24) is 0 Å². The number of thioether (sulfide) groups is 1. The predicted octanol–water partition coefficient (Wildman–Crippen LogP) is 4.30. The van der Waals surface area contributed by atoms with Crippen LogP contribution >= 0.6 is 35.0 Å².